The van der Waals surface area contributed by atoms with Gasteiger partial charge in [0.15, 0.2) is 12.6 Å². The maximum atomic E-state index is 6.50. The third-order valence-electron chi connectivity index (χ3n) is 6.82. The minimum Gasteiger partial charge on any atom is -0.353 e. The lowest BCUT2D eigenvalue weighted by molar-refractivity contribution is -0.333. The Morgan fingerprint density at radius 1 is 0.667 bits per heavy atom. The van der Waals surface area contributed by atoms with Crippen molar-refractivity contribution in [2.75, 3.05) is 7.11 Å². The van der Waals surface area contributed by atoms with Crippen LogP contribution < -0.4 is 0 Å². The lowest BCUT2D eigenvalue weighted by Gasteiger charge is -2.48. The SMILES string of the molecule is CCC1O[C@H](OC2C(C)[C@H](C)C(CC)O[C@H]2OC)C(C)C(C)[C@@H]1C. The van der Waals surface area contributed by atoms with E-state index in [0.29, 0.717) is 29.6 Å². The molecule has 0 saturated carbocycles. The molecule has 0 aliphatic carbocycles. The first kappa shape index (κ1) is 20.2. The van der Waals surface area contributed by atoms with E-state index >= 15 is 0 Å². The molecule has 10 atom stereocenters. The Balaban J connectivity index is 2.12. The quantitative estimate of drug-likeness (QED) is 0.739. The Hall–Kier alpha value is -0.160. The molecule has 2 aliphatic rings. The van der Waals surface area contributed by atoms with Crippen molar-refractivity contribution in [3.8, 4) is 0 Å². The van der Waals surface area contributed by atoms with Crippen molar-refractivity contribution in [1.29, 1.82) is 0 Å². The molecule has 2 aliphatic heterocycles. The Kier molecular flexibility index (Phi) is 7.12. The predicted molar refractivity (Wildman–Crippen MR) is 95.6 cm³/mol. The number of methoxy groups -OCH3 is 1. The predicted octanol–water partition coefficient (Wildman–Crippen LogP) is 4.47. The van der Waals surface area contributed by atoms with E-state index in [1.165, 1.54) is 0 Å². The summed E-state index contributed by atoms with van der Waals surface area (Å²) in [6.45, 7) is 15.7. The third kappa shape index (κ3) is 3.82. The molecular weight excluding hydrogens is 304 g/mol. The molecule has 4 heteroatoms. The zero-order valence-electron chi connectivity index (χ0n) is 16.8. The van der Waals surface area contributed by atoms with Crippen LogP contribution in [0.15, 0.2) is 0 Å². The van der Waals surface area contributed by atoms with Crippen LogP contribution in [0, 0.1) is 29.6 Å². The average Bonchev–Trinajstić information content (AvgIpc) is 2.59. The van der Waals surface area contributed by atoms with Crippen LogP contribution in [-0.2, 0) is 18.9 Å². The van der Waals surface area contributed by atoms with E-state index in [-0.39, 0.29) is 30.9 Å². The van der Waals surface area contributed by atoms with E-state index in [1.54, 1.807) is 7.11 Å². The van der Waals surface area contributed by atoms with Crippen LogP contribution in [0.3, 0.4) is 0 Å². The first-order chi connectivity index (χ1) is 11.3. The van der Waals surface area contributed by atoms with Gasteiger partial charge in [-0.25, -0.2) is 0 Å². The second kappa shape index (κ2) is 8.48. The summed E-state index contributed by atoms with van der Waals surface area (Å²) in [4.78, 5) is 0. The Morgan fingerprint density at radius 2 is 1.17 bits per heavy atom. The van der Waals surface area contributed by atoms with E-state index in [0.717, 1.165) is 12.8 Å². The molecule has 2 heterocycles. The van der Waals surface area contributed by atoms with Gasteiger partial charge in [0.1, 0.15) is 6.10 Å². The van der Waals surface area contributed by atoms with Crippen molar-refractivity contribution in [1.82, 2.24) is 0 Å². The molecule has 0 spiro atoms. The van der Waals surface area contributed by atoms with Gasteiger partial charge in [0.2, 0.25) is 0 Å². The van der Waals surface area contributed by atoms with Gasteiger partial charge in [0.25, 0.3) is 0 Å². The van der Waals surface area contributed by atoms with E-state index in [9.17, 15) is 0 Å². The molecular formula is C20H38O4. The van der Waals surface area contributed by atoms with Gasteiger partial charge >= 0.3 is 0 Å². The Labute approximate surface area is 148 Å². The van der Waals surface area contributed by atoms with Crippen LogP contribution in [-0.4, -0.2) is 38.0 Å². The summed E-state index contributed by atoms with van der Waals surface area (Å²) < 4.78 is 24.6. The lowest BCUT2D eigenvalue weighted by Crippen LogP contribution is -2.55. The van der Waals surface area contributed by atoms with Gasteiger partial charge in [-0.3, -0.25) is 0 Å². The first-order valence-corrected chi connectivity index (χ1v) is 9.84. The smallest absolute Gasteiger partial charge is 0.184 e. The molecule has 0 aromatic rings. The highest BCUT2D eigenvalue weighted by atomic mass is 16.7. The van der Waals surface area contributed by atoms with Gasteiger partial charge in [0.05, 0.1) is 12.2 Å². The summed E-state index contributed by atoms with van der Waals surface area (Å²) in [5.41, 5.74) is 0. The zero-order chi connectivity index (χ0) is 18.0. The lowest BCUT2D eigenvalue weighted by atomic mass is 9.78. The monoisotopic (exact) mass is 342 g/mol. The van der Waals surface area contributed by atoms with Crippen LogP contribution in [0.25, 0.3) is 0 Å². The highest BCUT2D eigenvalue weighted by Crippen LogP contribution is 2.40. The highest BCUT2D eigenvalue weighted by Gasteiger charge is 2.46. The maximum absolute atomic E-state index is 6.50. The standard InChI is InChI=1S/C20H38O4/c1-9-16-12(4)11(3)15(7)19(22-16)24-18-14(6)13(5)17(10-2)23-20(18)21-8/h11-20H,9-10H2,1-8H3/t11?,12-,13-,14?,15?,16?,17?,18?,19+,20+/m0/s1. The van der Waals surface area contributed by atoms with Crippen LogP contribution in [0.1, 0.15) is 61.3 Å². The van der Waals surface area contributed by atoms with Crippen molar-refractivity contribution >= 4 is 0 Å². The minimum atomic E-state index is -0.313. The molecule has 4 nitrogen and oxygen atoms in total. The van der Waals surface area contributed by atoms with Crippen molar-refractivity contribution < 1.29 is 18.9 Å². The van der Waals surface area contributed by atoms with Crippen LogP contribution in [0.5, 0.6) is 0 Å². The summed E-state index contributed by atoms with van der Waals surface area (Å²) in [7, 11) is 1.71. The van der Waals surface area contributed by atoms with Crippen LogP contribution in [0.2, 0.25) is 0 Å². The first-order valence-electron chi connectivity index (χ1n) is 9.84. The molecule has 0 bridgehead atoms. The summed E-state index contributed by atoms with van der Waals surface area (Å²) in [5, 5.41) is 0. The van der Waals surface area contributed by atoms with Crippen LogP contribution >= 0.6 is 0 Å². The molecule has 0 aromatic heterocycles. The molecule has 6 unspecified atom stereocenters. The fourth-order valence-corrected chi connectivity index (χ4v) is 4.37. The summed E-state index contributed by atoms with van der Waals surface area (Å²) in [6.07, 6.45) is 1.95. The van der Waals surface area contributed by atoms with Gasteiger partial charge in [-0.1, -0.05) is 48.5 Å². The summed E-state index contributed by atoms with van der Waals surface area (Å²) in [5.74, 6) is 2.33. The van der Waals surface area contributed by atoms with Gasteiger partial charge in [-0.15, -0.1) is 0 Å². The van der Waals surface area contributed by atoms with E-state index in [4.69, 9.17) is 18.9 Å². The second-order valence-corrected chi connectivity index (χ2v) is 8.03. The van der Waals surface area contributed by atoms with Crippen molar-refractivity contribution in [2.45, 2.75) is 92.2 Å². The van der Waals surface area contributed by atoms with E-state index in [2.05, 4.69) is 48.5 Å². The molecule has 2 fully saturated rings. The summed E-state index contributed by atoms with van der Waals surface area (Å²) in [6, 6.07) is 0. The molecule has 24 heavy (non-hydrogen) atoms. The fraction of sp³-hybridized carbons (Fsp3) is 1.00. The van der Waals surface area contributed by atoms with Crippen molar-refractivity contribution in [3.05, 3.63) is 0 Å². The van der Waals surface area contributed by atoms with Gasteiger partial charge in [0, 0.05) is 13.0 Å². The number of hydrogen-bond acceptors (Lipinski definition) is 4. The van der Waals surface area contributed by atoms with Gasteiger partial charge in [-0.05, 0) is 36.5 Å². The molecule has 0 N–H and O–H groups in total. The highest BCUT2D eigenvalue weighted by molar-refractivity contribution is 4.88. The zero-order valence-corrected chi connectivity index (χ0v) is 16.8. The molecule has 142 valence electrons. The van der Waals surface area contributed by atoms with Crippen molar-refractivity contribution in [3.63, 3.8) is 0 Å². The average molecular weight is 343 g/mol. The Morgan fingerprint density at radius 3 is 1.67 bits per heavy atom. The molecule has 0 radical (unpaired) electrons. The van der Waals surface area contributed by atoms with Crippen molar-refractivity contribution in [2.24, 2.45) is 29.6 Å². The van der Waals surface area contributed by atoms with Crippen LogP contribution in [0.4, 0.5) is 0 Å². The number of ether oxygens (including phenoxy) is 4. The van der Waals surface area contributed by atoms with E-state index < -0.39 is 0 Å². The fourth-order valence-electron chi connectivity index (χ4n) is 4.37. The largest absolute Gasteiger partial charge is 0.353 e. The second-order valence-electron chi connectivity index (χ2n) is 8.03. The van der Waals surface area contributed by atoms with Gasteiger partial charge < -0.3 is 18.9 Å². The molecule has 0 amide bonds. The summed E-state index contributed by atoms with van der Waals surface area (Å²) >= 11 is 0. The molecule has 0 aromatic carbocycles. The topological polar surface area (TPSA) is 36.9 Å². The molecule has 2 rings (SSSR count). The maximum Gasteiger partial charge on any atom is 0.184 e. The Bertz CT molecular complexity index is 384. The minimum absolute atomic E-state index is 0.0848. The number of hydrogen-bond donors (Lipinski definition) is 0. The normalized spacial score (nSPS) is 50.0. The number of rotatable bonds is 5. The third-order valence-corrected chi connectivity index (χ3v) is 6.82. The van der Waals surface area contributed by atoms with Gasteiger partial charge in [-0.2, -0.15) is 0 Å². The molecule has 2 saturated heterocycles. The van der Waals surface area contributed by atoms with E-state index in [1.807, 2.05) is 0 Å².